The standard InChI is InChI=1S/C28H28N4O2/c1-32(2)16-17-34-22-9-6-20(7-10-22)26-18-24(19-12-14-29-15-13-19)28(30-26)23-5-3-4-21-8-11-25(31-33)27(21)23/h3-7,9-10,12-15,18,30,33H,8,11,16-17H2,1-2H3/b31-25+. The van der Waals surface area contributed by atoms with Gasteiger partial charge in [0.25, 0.3) is 0 Å². The number of hydrogen-bond acceptors (Lipinski definition) is 5. The summed E-state index contributed by atoms with van der Waals surface area (Å²) in [6.45, 7) is 1.52. The van der Waals surface area contributed by atoms with Crippen molar-refractivity contribution < 1.29 is 9.94 Å². The number of likely N-dealkylation sites (N-methyl/N-ethyl adjacent to an activating group) is 1. The van der Waals surface area contributed by atoms with E-state index in [4.69, 9.17) is 4.74 Å². The van der Waals surface area contributed by atoms with E-state index in [0.29, 0.717) is 6.61 Å². The van der Waals surface area contributed by atoms with Gasteiger partial charge in [-0.05, 0) is 86.1 Å². The molecular formula is C28H28N4O2. The lowest BCUT2D eigenvalue weighted by Crippen LogP contribution is -2.19. The number of aromatic amines is 1. The van der Waals surface area contributed by atoms with Gasteiger partial charge in [0.1, 0.15) is 12.4 Å². The Bertz CT molecular complexity index is 1310. The minimum absolute atomic E-state index is 0.652. The Morgan fingerprint density at radius 3 is 2.50 bits per heavy atom. The third-order valence-electron chi connectivity index (χ3n) is 6.24. The lowest BCUT2D eigenvalue weighted by atomic mass is 9.95. The highest BCUT2D eigenvalue weighted by Gasteiger charge is 2.25. The summed E-state index contributed by atoms with van der Waals surface area (Å²) in [5, 5.41) is 13.2. The van der Waals surface area contributed by atoms with E-state index in [-0.39, 0.29) is 0 Å². The van der Waals surface area contributed by atoms with Crippen LogP contribution in [-0.4, -0.2) is 53.0 Å². The van der Waals surface area contributed by atoms with Crippen LogP contribution in [0.5, 0.6) is 5.75 Å². The highest BCUT2D eigenvalue weighted by atomic mass is 16.5. The number of fused-ring (bicyclic) bond motifs is 1. The van der Waals surface area contributed by atoms with Crippen molar-refractivity contribution in [3.63, 3.8) is 0 Å². The second-order valence-electron chi connectivity index (χ2n) is 8.77. The summed E-state index contributed by atoms with van der Waals surface area (Å²) in [6, 6.07) is 20.7. The van der Waals surface area contributed by atoms with Crippen LogP contribution in [0.1, 0.15) is 17.5 Å². The summed E-state index contributed by atoms with van der Waals surface area (Å²) in [6.07, 6.45) is 5.25. The Hall–Kier alpha value is -3.90. The van der Waals surface area contributed by atoms with Gasteiger partial charge in [0.15, 0.2) is 0 Å². The summed E-state index contributed by atoms with van der Waals surface area (Å²) < 4.78 is 5.85. The molecule has 2 heterocycles. The first-order valence-corrected chi connectivity index (χ1v) is 11.5. The molecular weight excluding hydrogens is 424 g/mol. The van der Waals surface area contributed by atoms with Crippen LogP contribution in [0.3, 0.4) is 0 Å². The highest BCUT2D eigenvalue weighted by Crippen LogP contribution is 2.40. The van der Waals surface area contributed by atoms with Crippen LogP contribution in [0.15, 0.2) is 78.2 Å². The zero-order chi connectivity index (χ0) is 23.5. The average molecular weight is 453 g/mol. The summed E-state index contributed by atoms with van der Waals surface area (Å²) in [4.78, 5) is 9.95. The number of pyridine rings is 1. The first-order chi connectivity index (χ1) is 16.6. The van der Waals surface area contributed by atoms with Crippen molar-refractivity contribution in [3.05, 3.63) is 84.2 Å². The summed E-state index contributed by atoms with van der Waals surface area (Å²) in [5.74, 6) is 0.858. The largest absolute Gasteiger partial charge is 0.492 e. The van der Waals surface area contributed by atoms with Crippen LogP contribution in [0.2, 0.25) is 0 Å². The summed E-state index contributed by atoms with van der Waals surface area (Å²) >= 11 is 0. The topological polar surface area (TPSA) is 73.7 Å². The Labute approximate surface area is 199 Å². The van der Waals surface area contributed by atoms with Gasteiger partial charge < -0.3 is 19.8 Å². The minimum Gasteiger partial charge on any atom is -0.492 e. The number of oxime groups is 1. The number of ether oxygens (including phenoxy) is 1. The molecule has 2 aromatic carbocycles. The molecule has 6 nitrogen and oxygen atoms in total. The zero-order valence-electron chi connectivity index (χ0n) is 19.5. The van der Waals surface area contributed by atoms with Crippen LogP contribution in [0.25, 0.3) is 33.6 Å². The van der Waals surface area contributed by atoms with Gasteiger partial charge in [0.2, 0.25) is 0 Å². The van der Waals surface area contributed by atoms with Gasteiger partial charge in [0.05, 0.1) is 11.4 Å². The number of nitrogens with one attached hydrogen (secondary N) is 1. The van der Waals surface area contributed by atoms with E-state index in [1.165, 1.54) is 5.56 Å². The monoisotopic (exact) mass is 452 g/mol. The smallest absolute Gasteiger partial charge is 0.119 e. The van der Waals surface area contributed by atoms with Crippen molar-refractivity contribution in [3.8, 4) is 39.4 Å². The minimum atomic E-state index is 0.652. The van der Waals surface area contributed by atoms with Gasteiger partial charge in [-0.2, -0.15) is 0 Å². The molecule has 1 aliphatic carbocycles. The Morgan fingerprint density at radius 1 is 0.971 bits per heavy atom. The van der Waals surface area contributed by atoms with Gasteiger partial charge in [-0.3, -0.25) is 4.98 Å². The lowest BCUT2D eigenvalue weighted by Gasteiger charge is -2.11. The third-order valence-corrected chi connectivity index (χ3v) is 6.24. The molecule has 34 heavy (non-hydrogen) atoms. The third kappa shape index (κ3) is 4.32. The fourth-order valence-corrected chi connectivity index (χ4v) is 4.49. The number of aromatic nitrogens is 2. The molecule has 0 aliphatic heterocycles. The van der Waals surface area contributed by atoms with Crippen LogP contribution < -0.4 is 4.74 Å². The van der Waals surface area contributed by atoms with E-state index in [1.807, 2.05) is 50.8 Å². The molecule has 2 N–H and O–H groups in total. The van der Waals surface area contributed by atoms with Gasteiger partial charge in [-0.25, -0.2) is 0 Å². The molecule has 0 saturated carbocycles. The van der Waals surface area contributed by atoms with E-state index in [0.717, 1.165) is 70.1 Å². The molecule has 0 amide bonds. The van der Waals surface area contributed by atoms with Gasteiger partial charge in [-0.15, -0.1) is 0 Å². The molecule has 5 rings (SSSR count). The van der Waals surface area contributed by atoms with E-state index < -0.39 is 0 Å². The number of H-pyrrole nitrogens is 1. The lowest BCUT2D eigenvalue weighted by molar-refractivity contribution is 0.261. The average Bonchev–Trinajstić information content (AvgIpc) is 3.49. The van der Waals surface area contributed by atoms with Gasteiger partial charge in [0, 0.05) is 41.3 Å². The van der Waals surface area contributed by atoms with Crippen LogP contribution in [-0.2, 0) is 6.42 Å². The molecule has 0 atom stereocenters. The Balaban J connectivity index is 1.56. The first-order valence-electron chi connectivity index (χ1n) is 11.5. The van der Waals surface area contributed by atoms with Crippen molar-refractivity contribution in [2.45, 2.75) is 12.8 Å². The summed E-state index contributed by atoms with van der Waals surface area (Å²) in [5.41, 5.74) is 9.28. The highest BCUT2D eigenvalue weighted by molar-refractivity contribution is 6.10. The number of rotatable bonds is 7. The second kappa shape index (κ2) is 9.53. The van der Waals surface area contributed by atoms with E-state index >= 15 is 0 Å². The number of aryl methyl sites for hydroxylation is 1. The second-order valence-corrected chi connectivity index (χ2v) is 8.77. The molecule has 6 heteroatoms. The Kier molecular flexibility index (Phi) is 6.14. The first kappa shape index (κ1) is 21.9. The molecule has 1 aliphatic rings. The Morgan fingerprint density at radius 2 is 1.76 bits per heavy atom. The molecule has 4 aromatic rings. The van der Waals surface area contributed by atoms with E-state index in [2.05, 4.69) is 56.4 Å². The maximum Gasteiger partial charge on any atom is 0.119 e. The molecule has 0 spiro atoms. The van der Waals surface area contributed by atoms with Gasteiger partial charge in [-0.1, -0.05) is 23.4 Å². The van der Waals surface area contributed by atoms with Crippen LogP contribution in [0.4, 0.5) is 0 Å². The zero-order valence-corrected chi connectivity index (χ0v) is 19.5. The quantitative estimate of drug-likeness (QED) is 0.288. The molecule has 0 unspecified atom stereocenters. The molecule has 0 saturated heterocycles. The summed E-state index contributed by atoms with van der Waals surface area (Å²) in [7, 11) is 4.07. The SMILES string of the molecule is CN(C)CCOc1ccc(-c2cc(-c3ccncc3)c(-c3cccc4c3/C(=N/O)CC4)[nH]2)cc1. The van der Waals surface area contributed by atoms with Crippen molar-refractivity contribution in [2.75, 3.05) is 27.2 Å². The van der Waals surface area contributed by atoms with Crippen LogP contribution in [0, 0.1) is 0 Å². The van der Waals surface area contributed by atoms with Crippen molar-refractivity contribution in [1.82, 2.24) is 14.9 Å². The van der Waals surface area contributed by atoms with Gasteiger partial charge >= 0.3 is 0 Å². The maximum atomic E-state index is 9.63. The fraction of sp³-hybridized carbons (Fsp3) is 0.214. The molecule has 0 fully saturated rings. The predicted octanol–water partition coefficient (Wildman–Crippen LogP) is 5.48. The molecule has 0 radical (unpaired) electrons. The molecule has 2 aromatic heterocycles. The molecule has 0 bridgehead atoms. The predicted molar refractivity (Wildman–Crippen MR) is 136 cm³/mol. The number of nitrogens with zero attached hydrogens (tertiary/aromatic N) is 3. The maximum absolute atomic E-state index is 9.63. The van der Waals surface area contributed by atoms with E-state index in [9.17, 15) is 5.21 Å². The van der Waals surface area contributed by atoms with Crippen LogP contribution >= 0.6 is 0 Å². The van der Waals surface area contributed by atoms with Crippen molar-refractivity contribution in [1.29, 1.82) is 0 Å². The fourth-order valence-electron chi connectivity index (χ4n) is 4.49. The van der Waals surface area contributed by atoms with Crippen molar-refractivity contribution in [2.24, 2.45) is 5.16 Å². The normalized spacial score (nSPS) is 14.0. The molecule has 172 valence electrons. The number of hydrogen-bond donors (Lipinski definition) is 2. The number of benzene rings is 2. The van der Waals surface area contributed by atoms with E-state index in [1.54, 1.807) is 0 Å². The van der Waals surface area contributed by atoms with Crippen molar-refractivity contribution >= 4 is 5.71 Å².